The van der Waals surface area contributed by atoms with Crippen LogP contribution in [0.1, 0.15) is 0 Å². The molecule has 1 aliphatic rings. The SMILES string of the molecule is c1ccc(-n2c(-c3ccc(-c4ccc5c(c4)-c4ccc(-c6nc7ccccc7n6-c6ccccc6)cc4B(c4cc(-c6cccnc6)cc(-c6cccnc6)c4)N5)cc3)nc3ccccc32)cc1. The van der Waals surface area contributed by atoms with Gasteiger partial charge in [0.25, 0.3) is 0 Å². The van der Waals surface area contributed by atoms with Crippen LogP contribution in [0.15, 0.2) is 237 Å². The molecule has 0 saturated heterocycles. The van der Waals surface area contributed by atoms with Gasteiger partial charge in [-0.2, -0.15) is 0 Å². The number of nitrogens with zero attached hydrogens (tertiary/aromatic N) is 6. The van der Waals surface area contributed by atoms with Crippen molar-refractivity contribution in [2.75, 3.05) is 5.23 Å². The van der Waals surface area contributed by atoms with E-state index in [2.05, 4.69) is 212 Å². The predicted molar refractivity (Wildman–Crippen MR) is 279 cm³/mol. The van der Waals surface area contributed by atoms with Gasteiger partial charge < -0.3 is 5.23 Å². The number of pyridine rings is 2. The summed E-state index contributed by atoms with van der Waals surface area (Å²) in [7, 11) is 0. The van der Waals surface area contributed by atoms with Crippen molar-refractivity contribution in [1.29, 1.82) is 0 Å². The predicted octanol–water partition coefficient (Wildman–Crippen LogP) is 12.7. The molecule has 13 rings (SSSR count). The first-order chi connectivity index (χ1) is 33.7. The third-order valence-electron chi connectivity index (χ3n) is 13.1. The zero-order valence-corrected chi connectivity index (χ0v) is 36.8. The summed E-state index contributed by atoms with van der Waals surface area (Å²) >= 11 is 0. The molecule has 0 unspecified atom stereocenters. The van der Waals surface area contributed by atoms with Gasteiger partial charge in [-0.25, -0.2) is 9.97 Å². The Morgan fingerprint density at radius 3 is 1.49 bits per heavy atom. The van der Waals surface area contributed by atoms with Gasteiger partial charge in [0, 0.05) is 58.5 Å². The third-order valence-corrected chi connectivity index (χ3v) is 13.1. The molecule has 0 radical (unpaired) electrons. The molecule has 1 aliphatic heterocycles. The molecule has 7 nitrogen and oxygen atoms in total. The monoisotopic (exact) mass is 869 g/mol. The van der Waals surface area contributed by atoms with Crippen molar-refractivity contribution in [3.8, 4) is 78.7 Å². The van der Waals surface area contributed by atoms with Gasteiger partial charge in [-0.15, -0.1) is 0 Å². The molecule has 0 amide bonds. The first-order valence-corrected chi connectivity index (χ1v) is 22.9. The third kappa shape index (κ3) is 6.86. The van der Waals surface area contributed by atoms with Gasteiger partial charge in [0.1, 0.15) is 11.6 Å². The highest BCUT2D eigenvalue weighted by atomic mass is 15.1. The van der Waals surface area contributed by atoms with Gasteiger partial charge in [0.2, 0.25) is 0 Å². The van der Waals surface area contributed by atoms with E-state index >= 15 is 0 Å². The average Bonchev–Trinajstić information content (AvgIpc) is 4.01. The van der Waals surface area contributed by atoms with Crippen LogP contribution < -0.4 is 16.2 Å². The molecule has 8 heteroatoms. The second-order valence-corrected chi connectivity index (χ2v) is 17.2. The molecular weight excluding hydrogens is 830 g/mol. The molecule has 5 heterocycles. The summed E-state index contributed by atoms with van der Waals surface area (Å²) in [6.07, 6.45) is 7.51. The Bertz CT molecular complexity index is 3760. The maximum atomic E-state index is 5.30. The van der Waals surface area contributed by atoms with E-state index in [0.717, 1.165) is 112 Å². The molecule has 0 bridgehead atoms. The molecule has 318 valence electrons. The fourth-order valence-corrected chi connectivity index (χ4v) is 9.90. The molecule has 4 aromatic heterocycles. The van der Waals surface area contributed by atoms with Crippen molar-refractivity contribution in [3.63, 3.8) is 0 Å². The number of aromatic nitrogens is 6. The second kappa shape index (κ2) is 16.4. The number of fused-ring (bicyclic) bond motifs is 5. The number of nitrogens with one attached hydrogen (secondary N) is 1. The van der Waals surface area contributed by atoms with Crippen molar-refractivity contribution in [2.45, 2.75) is 0 Å². The number of hydrogen-bond donors (Lipinski definition) is 1. The minimum Gasteiger partial charge on any atom is -0.420 e. The Kier molecular flexibility index (Phi) is 9.46. The maximum Gasteiger partial charge on any atom is 0.321 e. The highest BCUT2D eigenvalue weighted by Gasteiger charge is 2.32. The highest BCUT2D eigenvalue weighted by Crippen LogP contribution is 2.39. The molecule has 8 aromatic carbocycles. The standard InChI is InChI=1S/C60H40BN7/c1-3-15-49(16-4-1)67-57-21-9-7-19-55(57)64-59(67)41-25-23-40(24-26-41)42-28-30-54-52(36-42)51-29-27-43(60-65-56-20-8-10-22-58(56)68(60)50-17-5-2-6-18-50)37-53(51)61(66-54)48-34-46(44-13-11-31-62-38-44)33-47(35-48)45-14-12-32-63-39-45/h1-39,66H. The van der Waals surface area contributed by atoms with Crippen LogP contribution in [0, 0.1) is 0 Å². The zero-order chi connectivity index (χ0) is 45.0. The smallest absolute Gasteiger partial charge is 0.321 e. The summed E-state index contributed by atoms with van der Waals surface area (Å²) in [6, 6.07) is 75.2. The van der Waals surface area contributed by atoms with E-state index in [9.17, 15) is 0 Å². The van der Waals surface area contributed by atoms with Crippen molar-refractivity contribution in [1.82, 2.24) is 29.1 Å². The van der Waals surface area contributed by atoms with Crippen LogP contribution in [0.4, 0.5) is 5.69 Å². The summed E-state index contributed by atoms with van der Waals surface area (Å²) in [6.45, 7) is -0.201. The van der Waals surface area contributed by atoms with Gasteiger partial charge in [-0.1, -0.05) is 133 Å². The Morgan fingerprint density at radius 2 is 0.897 bits per heavy atom. The van der Waals surface area contributed by atoms with Crippen LogP contribution >= 0.6 is 0 Å². The van der Waals surface area contributed by atoms with E-state index in [4.69, 9.17) is 9.97 Å². The molecule has 0 fully saturated rings. The molecular formula is C60H40BN7. The maximum absolute atomic E-state index is 5.30. The summed E-state index contributed by atoms with van der Waals surface area (Å²) < 4.78 is 4.52. The van der Waals surface area contributed by atoms with E-state index in [1.54, 1.807) is 0 Å². The molecule has 0 aliphatic carbocycles. The second-order valence-electron chi connectivity index (χ2n) is 17.2. The van der Waals surface area contributed by atoms with E-state index in [0.29, 0.717) is 0 Å². The van der Waals surface area contributed by atoms with E-state index in [-0.39, 0.29) is 6.85 Å². The first-order valence-electron chi connectivity index (χ1n) is 22.9. The van der Waals surface area contributed by atoms with Crippen molar-refractivity contribution < 1.29 is 0 Å². The lowest BCUT2D eigenvalue weighted by molar-refractivity contribution is 1.10. The number of hydrogen-bond acceptors (Lipinski definition) is 5. The van der Waals surface area contributed by atoms with Gasteiger partial charge in [0.05, 0.1) is 22.1 Å². The van der Waals surface area contributed by atoms with Crippen molar-refractivity contribution >= 4 is 45.5 Å². The zero-order valence-electron chi connectivity index (χ0n) is 36.8. The quantitative estimate of drug-likeness (QED) is 0.154. The summed E-state index contributed by atoms with van der Waals surface area (Å²) in [5.74, 6) is 1.80. The fourth-order valence-electron chi connectivity index (χ4n) is 9.90. The minimum atomic E-state index is -0.201. The number of anilines is 1. The number of benzene rings is 8. The average molecular weight is 870 g/mol. The lowest BCUT2D eigenvalue weighted by Crippen LogP contribution is -2.52. The molecule has 68 heavy (non-hydrogen) atoms. The van der Waals surface area contributed by atoms with Crippen LogP contribution in [-0.4, -0.2) is 35.9 Å². The molecule has 0 spiro atoms. The lowest BCUT2D eigenvalue weighted by Gasteiger charge is -2.29. The Hall–Kier alpha value is -9.14. The van der Waals surface area contributed by atoms with Crippen molar-refractivity contribution in [2.24, 2.45) is 0 Å². The fraction of sp³-hybridized carbons (Fsp3) is 0. The van der Waals surface area contributed by atoms with E-state index in [1.807, 2.05) is 49.1 Å². The Labute approximate surface area is 393 Å². The van der Waals surface area contributed by atoms with Crippen LogP contribution in [0.3, 0.4) is 0 Å². The molecule has 0 saturated carbocycles. The topological polar surface area (TPSA) is 73.5 Å². The van der Waals surface area contributed by atoms with Crippen LogP contribution in [0.5, 0.6) is 0 Å². The van der Waals surface area contributed by atoms with Crippen LogP contribution in [0.2, 0.25) is 0 Å². The number of imidazole rings is 2. The number of para-hydroxylation sites is 6. The van der Waals surface area contributed by atoms with E-state index < -0.39 is 0 Å². The van der Waals surface area contributed by atoms with Gasteiger partial charge in [-0.05, 0) is 129 Å². The normalized spacial score (nSPS) is 11.9. The number of rotatable bonds is 8. The molecule has 12 aromatic rings. The summed E-state index contributed by atoms with van der Waals surface area (Å²) in [5.41, 5.74) is 20.5. The van der Waals surface area contributed by atoms with E-state index in [1.165, 1.54) is 5.56 Å². The highest BCUT2D eigenvalue weighted by molar-refractivity contribution is 6.89. The lowest BCUT2D eigenvalue weighted by atomic mass is 9.47. The molecule has 1 N–H and O–H groups in total. The van der Waals surface area contributed by atoms with Crippen LogP contribution in [-0.2, 0) is 0 Å². The van der Waals surface area contributed by atoms with Crippen molar-refractivity contribution in [3.05, 3.63) is 237 Å². The molecule has 0 atom stereocenters. The largest absolute Gasteiger partial charge is 0.420 e. The Morgan fingerprint density at radius 1 is 0.368 bits per heavy atom. The Balaban J connectivity index is 0.959. The summed E-state index contributed by atoms with van der Waals surface area (Å²) in [5, 5.41) is 4.05. The van der Waals surface area contributed by atoms with Gasteiger partial charge >= 0.3 is 6.85 Å². The van der Waals surface area contributed by atoms with Gasteiger partial charge in [0.15, 0.2) is 0 Å². The minimum absolute atomic E-state index is 0.201. The first kappa shape index (κ1) is 39.2. The van der Waals surface area contributed by atoms with Gasteiger partial charge in [-0.3, -0.25) is 19.1 Å². The summed E-state index contributed by atoms with van der Waals surface area (Å²) in [4.78, 5) is 19.4. The van der Waals surface area contributed by atoms with Crippen LogP contribution in [0.25, 0.3) is 101 Å².